The smallest absolute Gasteiger partial charge is 0.171 e. The van der Waals surface area contributed by atoms with Gasteiger partial charge in [0.1, 0.15) is 12.6 Å². The Hall–Kier alpha value is -1.01. The lowest BCUT2D eigenvalue weighted by molar-refractivity contribution is -0.900. The van der Waals surface area contributed by atoms with Gasteiger partial charge in [-0.05, 0) is 18.1 Å². The van der Waals surface area contributed by atoms with Crippen molar-refractivity contribution in [3.63, 3.8) is 0 Å². The van der Waals surface area contributed by atoms with E-state index < -0.39 is 0 Å². The van der Waals surface area contributed by atoms with Crippen LogP contribution in [0.5, 0.6) is 0 Å². The Bertz CT molecular complexity index is 368. The number of rotatable bonds is 1. The third kappa shape index (κ3) is 1.44. The Balaban J connectivity index is 1.88. The van der Waals surface area contributed by atoms with E-state index in [4.69, 9.17) is 0 Å². The van der Waals surface area contributed by atoms with Crippen LogP contribution in [0, 0.1) is 18.0 Å². The Morgan fingerprint density at radius 3 is 2.67 bits per heavy atom. The van der Waals surface area contributed by atoms with Crippen LogP contribution in [0.2, 0.25) is 0 Å². The van der Waals surface area contributed by atoms with Gasteiger partial charge in [0.25, 0.3) is 0 Å². The molecule has 1 atom stereocenters. The molecule has 0 aliphatic carbocycles. The third-order valence-corrected chi connectivity index (χ3v) is 3.70. The van der Waals surface area contributed by atoms with Crippen LogP contribution in [0.4, 0.5) is 0 Å². The predicted octanol–water partition coefficient (Wildman–Crippen LogP) is 0.261. The molecule has 0 aromatic carbocycles. The van der Waals surface area contributed by atoms with Crippen molar-refractivity contribution in [2.45, 2.75) is 25.8 Å². The Kier molecular flexibility index (Phi) is 1.84. The zero-order valence-electron chi connectivity index (χ0n) is 8.83. The fraction of sp³-hybridized carbons (Fsp3) is 0.889. The molecular formula is C9H15N5O. The molecule has 4 rings (SSSR count). The van der Waals surface area contributed by atoms with Gasteiger partial charge in [0, 0.05) is 12.8 Å². The van der Waals surface area contributed by atoms with Crippen molar-refractivity contribution in [3.8, 4) is 0 Å². The number of hydroxylamine groups is 3. The largest absolute Gasteiger partial charge is 0.633 e. The number of aromatic nitrogens is 4. The van der Waals surface area contributed by atoms with Crippen LogP contribution in [0.3, 0.4) is 0 Å². The number of quaternary nitrogens is 1. The maximum absolute atomic E-state index is 12.2. The monoisotopic (exact) mass is 209 g/mol. The van der Waals surface area contributed by atoms with Gasteiger partial charge in [-0.1, -0.05) is 0 Å². The van der Waals surface area contributed by atoms with E-state index in [9.17, 15) is 5.21 Å². The fourth-order valence-electron chi connectivity index (χ4n) is 2.82. The van der Waals surface area contributed by atoms with Crippen molar-refractivity contribution in [2.24, 2.45) is 5.92 Å². The summed E-state index contributed by atoms with van der Waals surface area (Å²) in [5.41, 5.74) is 0. The molecule has 2 bridgehead atoms. The van der Waals surface area contributed by atoms with Gasteiger partial charge in [0.05, 0.1) is 13.1 Å². The van der Waals surface area contributed by atoms with Crippen LogP contribution in [0.25, 0.3) is 0 Å². The number of tetrazole rings is 1. The lowest BCUT2D eigenvalue weighted by Crippen LogP contribution is -2.58. The average Bonchev–Trinajstić information content (AvgIpc) is 2.65. The minimum atomic E-state index is -0.0538. The molecule has 1 aromatic rings. The van der Waals surface area contributed by atoms with Crippen LogP contribution in [-0.2, 0) is 0 Å². The Labute approximate surface area is 88.0 Å². The van der Waals surface area contributed by atoms with Gasteiger partial charge in [-0.2, -0.15) is 4.80 Å². The molecule has 1 aromatic heterocycles. The first-order valence-corrected chi connectivity index (χ1v) is 5.49. The van der Waals surface area contributed by atoms with E-state index in [0.717, 1.165) is 25.9 Å². The molecule has 0 saturated carbocycles. The summed E-state index contributed by atoms with van der Waals surface area (Å²) >= 11 is 0. The van der Waals surface area contributed by atoms with Gasteiger partial charge in [-0.3, -0.25) is 0 Å². The van der Waals surface area contributed by atoms with E-state index in [2.05, 4.69) is 15.4 Å². The predicted molar refractivity (Wildman–Crippen MR) is 52.5 cm³/mol. The van der Waals surface area contributed by atoms with Crippen LogP contribution in [0.1, 0.15) is 24.7 Å². The van der Waals surface area contributed by atoms with Gasteiger partial charge in [-0.25, -0.2) is 0 Å². The first-order valence-electron chi connectivity index (χ1n) is 5.49. The highest BCUT2D eigenvalue weighted by Gasteiger charge is 2.43. The number of aryl methyl sites for hydroxylation is 1. The van der Waals surface area contributed by atoms with Crippen LogP contribution in [-0.4, -0.2) is 44.5 Å². The molecule has 0 spiro atoms. The zero-order chi connectivity index (χ0) is 10.5. The topological polar surface area (TPSA) is 66.7 Å². The molecule has 3 aliphatic rings. The summed E-state index contributed by atoms with van der Waals surface area (Å²) in [4.78, 5) is 1.66. The minimum absolute atomic E-state index is 0.0538. The Morgan fingerprint density at radius 1 is 1.40 bits per heavy atom. The molecule has 0 amide bonds. The van der Waals surface area contributed by atoms with Crippen LogP contribution in [0.15, 0.2) is 0 Å². The fourth-order valence-corrected chi connectivity index (χ4v) is 2.82. The number of hydrogen-bond donors (Lipinski definition) is 0. The molecule has 15 heavy (non-hydrogen) atoms. The molecule has 0 N–H and O–H groups in total. The standard InChI is InChI=1S/C9H15N5O/c1-7-10-12-13(11-7)9-6-14(15)4-2-8(9)3-5-14/h8-9H,2-6H2,1H3. The second-order valence-electron chi connectivity index (χ2n) is 4.75. The lowest BCUT2D eigenvalue weighted by atomic mass is 9.84. The highest BCUT2D eigenvalue weighted by Crippen LogP contribution is 2.38. The molecule has 3 aliphatic heterocycles. The molecule has 6 nitrogen and oxygen atoms in total. The van der Waals surface area contributed by atoms with E-state index in [-0.39, 0.29) is 10.7 Å². The molecule has 1 unspecified atom stereocenters. The van der Waals surface area contributed by atoms with E-state index in [0.29, 0.717) is 18.3 Å². The summed E-state index contributed by atoms with van der Waals surface area (Å²) in [6.07, 6.45) is 2.02. The molecular weight excluding hydrogens is 194 g/mol. The first kappa shape index (κ1) is 9.23. The zero-order valence-corrected chi connectivity index (χ0v) is 8.83. The number of hydrogen-bond acceptors (Lipinski definition) is 4. The van der Waals surface area contributed by atoms with Crippen LogP contribution >= 0.6 is 0 Å². The van der Waals surface area contributed by atoms with Crippen molar-refractivity contribution in [2.75, 3.05) is 19.6 Å². The van der Waals surface area contributed by atoms with Crippen molar-refractivity contribution in [1.82, 2.24) is 20.2 Å². The molecule has 3 fully saturated rings. The summed E-state index contributed by atoms with van der Waals surface area (Å²) in [6.45, 7) is 4.00. The van der Waals surface area contributed by atoms with Gasteiger partial charge in [-0.15, -0.1) is 10.2 Å². The quantitative estimate of drug-likeness (QED) is 0.491. The molecule has 0 radical (unpaired) electrons. The molecule has 4 heterocycles. The highest BCUT2D eigenvalue weighted by atomic mass is 16.5. The summed E-state index contributed by atoms with van der Waals surface area (Å²) in [6, 6.07) is 0.172. The molecule has 6 heteroatoms. The molecule has 82 valence electrons. The third-order valence-electron chi connectivity index (χ3n) is 3.70. The average molecular weight is 209 g/mol. The van der Waals surface area contributed by atoms with Crippen LogP contribution < -0.4 is 0 Å². The summed E-state index contributed by atoms with van der Waals surface area (Å²) < 4.78 is -0.0538. The maximum Gasteiger partial charge on any atom is 0.171 e. The number of piperidine rings is 3. The second-order valence-corrected chi connectivity index (χ2v) is 4.75. The highest BCUT2D eigenvalue weighted by molar-refractivity contribution is 4.83. The second kappa shape index (κ2) is 2.99. The summed E-state index contributed by atoms with van der Waals surface area (Å²) in [5, 5.41) is 24.3. The van der Waals surface area contributed by atoms with Gasteiger partial charge in [0.15, 0.2) is 5.82 Å². The summed E-state index contributed by atoms with van der Waals surface area (Å²) in [7, 11) is 0. The van der Waals surface area contributed by atoms with Gasteiger partial charge in [0.2, 0.25) is 0 Å². The van der Waals surface area contributed by atoms with Crippen molar-refractivity contribution >= 4 is 0 Å². The van der Waals surface area contributed by atoms with E-state index in [1.807, 2.05) is 6.92 Å². The van der Waals surface area contributed by atoms with E-state index in [1.54, 1.807) is 4.80 Å². The maximum atomic E-state index is 12.2. The summed E-state index contributed by atoms with van der Waals surface area (Å²) in [5.74, 6) is 1.26. The van der Waals surface area contributed by atoms with Gasteiger partial charge >= 0.3 is 0 Å². The Morgan fingerprint density at radius 2 is 2.13 bits per heavy atom. The van der Waals surface area contributed by atoms with Crippen molar-refractivity contribution in [3.05, 3.63) is 11.0 Å². The van der Waals surface area contributed by atoms with Crippen molar-refractivity contribution < 1.29 is 4.65 Å². The molecule has 3 saturated heterocycles. The number of fused-ring (bicyclic) bond motifs is 3. The lowest BCUT2D eigenvalue weighted by Gasteiger charge is -2.54. The normalized spacial score (nSPS) is 39.6. The van der Waals surface area contributed by atoms with E-state index in [1.165, 1.54) is 0 Å². The SMILES string of the molecule is Cc1nnn(C2C[N+]3([O-])CCC2CC3)n1. The first-order chi connectivity index (χ1) is 7.16. The van der Waals surface area contributed by atoms with Gasteiger partial charge < -0.3 is 9.85 Å². The minimum Gasteiger partial charge on any atom is -0.633 e. The van der Waals surface area contributed by atoms with Crippen molar-refractivity contribution in [1.29, 1.82) is 0 Å². The van der Waals surface area contributed by atoms with E-state index >= 15 is 0 Å². The number of nitrogens with zero attached hydrogens (tertiary/aromatic N) is 5.